The fourth-order valence-corrected chi connectivity index (χ4v) is 1.71. The van der Waals surface area contributed by atoms with Crippen molar-refractivity contribution >= 4 is 0 Å². The van der Waals surface area contributed by atoms with Crippen molar-refractivity contribution in [2.24, 2.45) is 0 Å². The monoisotopic (exact) mass is 185 g/mol. The van der Waals surface area contributed by atoms with Gasteiger partial charge in [-0.05, 0) is 40.5 Å². The van der Waals surface area contributed by atoms with Gasteiger partial charge >= 0.3 is 0 Å². The number of likely N-dealkylation sites (N-methyl/N-ethyl adjacent to an activating group) is 2. The molecule has 79 valence electrons. The molecule has 0 bridgehead atoms. The summed E-state index contributed by atoms with van der Waals surface area (Å²) < 4.78 is 0. The van der Waals surface area contributed by atoms with Crippen LogP contribution in [0.2, 0.25) is 0 Å². The molecule has 13 heavy (non-hydrogen) atoms. The van der Waals surface area contributed by atoms with Gasteiger partial charge in [0.2, 0.25) is 0 Å². The molecule has 0 aromatic heterocycles. The molecule has 0 aromatic rings. The van der Waals surface area contributed by atoms with E-state index in [1.807, 2.05) is 0 Å². The van der Waals surface area contributed by atoms with E-state index in [4.69, 9.17) is 0 Å². The average Bonchev–Trinajstić information content (AvgIpc) is 2.12. The van der Waals surface area contributed by atoms with E-state index in [-0.39, 0.29) is 0 Å². The highest BCUT2D eigenvalue weighted by atomic mass is 15.2. The van der Waals surface area contributed by atoms with Crippen LogP contribution in [0.25, 0.3) is 0 Å². The Kier molecular flexibility index (Phi) is 6.35. The van der Waals surface area contributed by atoms with E-state index in [1.165, 1.54) is 0 Å². The lowest BCUT2D eigenvalue weighted by Crippen LogP contribution is -2.41. The molecule has 0 saturated heterocycles. The Morgan fingerprint density at radius 1 is 1.08 bits per heavy atom. The van der Waals surface area contributed by atoms with Crippen molar-refractivity contribution < 1.29 is 0 Å². The van der Waals surface area contributed by atoms with Crippen molar-refractivity contribution in [1.82, 2.24) is 9.80 Å². The number of rotatable bonds is 6. The molecular weight excluding hydrogens is 160 g/mol. The van der Waals surface area contributed by atoms with Crippen molar-refractivity contribution in [3.8, 4) is 0 Å². The maximum Gasteiger partial charge on any atom is 0.0558 e. The van der Waals surface area contributed by atoms with Crippen LogP contribution in [0, 0.1) is 6.04 Å². The Hall–Kier alpha value is -0.0800. The summed E-state index contributed by atoms with van der Waals surface area (Å²) in [6.07, 6.45) is 1.15. The molecule has 0 amide bonds. The van der Waals surface area contributed by atoms with E-state index < -0.39 is 0 Å². The van der Waals surface area contributed by atoms with Gasteiger partial charge in [-0.2, -0.15) is 0 Å². The fraction of sp³-hybridized carbons (Fsp3) is 0.909. The summed E-state index contributed by atoms with van der Waals surface area (Å²) in [4.78, 5) is 4.74. The largest absolute Gasteiger partial charge is 0.305 e. The molecule has 0 fully saturated rings. The van der Waals surface area contributed by atoms with Crippen LogP contribution < -0.4 is 0 Å². The molecule has 0 aliphatic heterocycles. The highest BCUT2D eigenvalue weighted by Crippen LogP contribution is 2.19. The van der Waals surface area contributed by atoms with Crippen LogP contribution in [0.15, 0.2) is 0 Å². The van der Waals surface area contributed by atoms with Gasteiger partial charge < -0.3 is 4.90 Å². The second kappa shape index (κ2) is 6.39. The van der Waals surface area contributed by atoms with Gasteiger partial charge in [0.1, 0.15) is 0 Å². The summed E-state index contributed by atoms with van der Waals surface area (Å²) in [6.45, 7) is 11.2. The molecule has 0 saturated carbocycles. The summed E-state index contributed by atoms with van der Waals surface area (Å²) in [5, 5.41) is 0. The van der Waals surface area contributed by atoms with Crippen LogP contribution >= 0.6 is 0 Å². The highest BCUT2D eigenvalue weighted by molar-refractivity contribution is 4.96. The van der Waals surface area contributed by atoms with Crippen LogP contribution in [0.5, 0.6) is 0 Å². The van der Waals surface area contributed by atoms with Crippen LogP contribution in [0.1, 0.15) is 34.1 Å². The Labute approximate surface area is 83.9 Å². The minimum absolute atomic E-state index is 0.560. The molecule has 0 aliphatic rings. The van der Waals surface area contributed by atoms with E-state index in [0.29, 0.717) is 6.04 Å². The van der Waals surface area contributed by atoms with Crippen LogP contribution in [0.4, 0.5) is 0 Å². The van der Waals surface area contributed by atoms with Crippen LogP contribution in [-0.2, 0) is 0 Å². The molecule has 0 aromatic carbocycles. The zero-order chi connectivity index (χ0) is 10.4. The topological polar surface area (TPSA) is 6.48 Å². The molecule has 0 aliphatic carbocycles. The zero-order valence-corrected chi connectivity index (χ0v) is 10.1. The maximum atomic E-state index is 2.46. The average molecular weight is 185 g/mol. The first-order valence-corrected chi connectivity index (χ1v) is 5.35. The second-order valence-electron chi connectivity index (χ2n) is 3.66. The first-order valence-electron chi connectivity index (χ1n) is 5.35. The van der Waals surface area contributed by atoms with Crippen molar-refractivity contribution in [2.75, 3.05) is 27.2 Å². The van der Waals surface area contributed by atoms with Crippen molar-refractivity contribution in [1.29, 1.82) is 0 Å². The first-order chi connectivity index (χ1) is 6.08. The standard InChI is InChI=1S/C11H25N2/c1-7-11(10(4)12(5)6)13(8-2)9-3/h10H,7-9H2,1-6H3. The predicted molar refractivity (Wildman–Crippen MR) is 59.6 cm³/mol. The van der Waals surface area contributed by atoms with Gasteiger partial charge in [-0.1, -0.05) is 20.8 Å². The summed E-state index contributed by atoms with van der Waals surface area (Å²) in [5.74, 6) is 0. The summed E-state index contributed by atoms with van der Waals surface area (Å²) in [7, 11) is 4.29. The predicted octanol–water partition coefficient (Wildman–Crippen LogP) is 2.22. The molecular formula is C11H25N2. The smallest absolute Gasteiger partial charge is 0.0558 e. The van der Waals surface area contributed by atoms with Crippen molar-refractivity contribution in [3.63, 3.8) is 0 Å². The minimum atomic E-state index is 0.560. The van der Waals surface area contributed by atoms with Gasteiger partial charge in [0.25, 0.3) is 0 Å². The summed E-state index contributed by atoms with van der Waals surface area (Å²) in [5.41, 5.74) is 0. The lowest BCUT2D eigenvalue weighted by Gasteiger charge is -2.35. The lowest BCUT2D eigenvalue weighted by atomic mass is 10.0. The van der Waals surface area contributed by atoms with Gasteiger partial charge in [0, 0.05) is 6.04 Å². The Balaban J connectivity index is 4.29. The summed E-state index contributed by atoms with van der Waals surface area (Å²) >= 11 is 0. The Morgan fingerprint density at radius 3 is 1.77 bits per heavy atom. The first kappa shape index (κ1) is 12.9. The molecule has 0 N–H and O–H groups in total. The molecule has 2 heteroatoms. The molecule has 0 spiro atoms. The van der Waals surface area contributed by atoms with Gasteiger partial charge in [0.15, 0.2) is 0 Å². The maximum absolute atomic E-state index is 2.46. The van der Waals surface area contributed by atoms with E-state index >= 15 is 0 Å². The minimum Gasteiger partial charge on any atom is -0.305 e. The third kappa shape index (κ3) is 3.65. The van der Waals surface area contributed by atoms with Crippen molar-refractivity contribution in [3.05, 3.63) is 6.04 Å². The third-order valence-corrected chi connectivity index (χ3v) is 2.79. The van der Waals surface area contributed by atoms with Crippen LogP contribution in [-0.4, -0.2) is 43.0 Å². The number of nitrogens with zero attached hydrogens (tertiary/aromatic N) is 2. The van der Waals surface area contributed by atoms with Gasteiger partial charge in [-0.15, -0.1) is 0 Å². The molecule has 2 nitrogen and oxygen atoms in total. The third-order valence-electron chi connectivity index (χ3n) is 2.79. The van der Waals surface area contributed by atoms with E-state index in [0.717, 1.165) is 19.5 Å². The Bertz CT molecular complexity index is 117. The van der Waals surface area contributed by atoms with Gasteiger partial charge in [-0.25, -0.2) is 0 Å². The number of hydrogen-bond donors (Lipinski definition) is 0. The summed E-state index contributed by atoms with van der Waals surface area (Å²) in [6, 6.07) is 2.11. The molecule has 0 rings (SSSR count). The normalized spacial score (nSPS) is 14.5. The van der Waals surface area contributed by atoms with E-state index in [1.54, 1.807) is 6.04 Å². The zero-order valence-electron chi connectivity index (χ0n) is 10.1. The van der Waals surface area contributed by atoms with Gasteiger partial charge in [0.05, 0.1) is 6.04 Å². The molecule has 1 atom stereocenters. The SMILES string of the molecule is CC[C](C(C)N(C)C)N(CC)CC. The number of hydrogen-bond acceptors (Lipinski definition) is 2. The molecule has 1 radical (unpaired) electrons. The highest BCUT2D eigenvalue weighted by Gasteiger charge is 2.22. The Morgan fingerprint density at radius 2 is 1.54 bits per heavy atom. The molecule has 1 unspecified atom stereocenters. The van der Waals surface area contributed by atoms with E-state index in [2.05, 4.69) is 51.6 Å². The molecule has 0 heterocycles. The lowest BCUT2D eigenvalue weighted by molar-refractivity contribution is 0.200. The van der Waals surface area contributed by atoms with Crippen molar-refractivity contribution in [2.45, 2.75) is 40.2 Å². The van der Waals surface area contributed by atoms with E-state index in [9.17, 15) is 0 Å². The second-order valence-corrected chi connectivity index (χ2v) is 3.66. The van der Waals surface area contributed by atoms with Gasteiger partial charge in [-0.3, -0.25) is 4.90 Å². The fourth-order valence-electron chi connectivity index (χ4n) is 1.71. The van der Waals surface area contributed by atoms with Crippen LogP contribution in [0.3, 0.4) is 0 Å². The quantitative estimate of drug-likeness (QED) is 0.626.